The van der Waals surface area contributed by atoms with Crippen molar-refractivity contribution in [2.24, 2.45) is 0 Å². The molecule has 0 bridgehead atoms. The molecule has 1 aliphatic rings. The number of nitrogens with one attached hydrogen (secondary N) is 1. The first-order valence-corrected chi connectivity index (χ1v) is 10.0. The van der Waals surface area contributed by atoms with Gasteiger partial charge in [0.05, 0.1) is 26.9 Å². The predicted molar refractivity (Wildman–Crippen MR) is 114 cm³/mol. The fourth-order valence-electron chi connectivity index (χ4n) is 3.58. The van der Waals surface area contributed by atoms with Gasteiger partial charge in [-0.3, -0.25) is 9.59 Å². The first kappa shape index (κ1) is 21.8. The second kappa shape index (κ2) is 9.71. The molecule has 7 nitrogen and oxygen atoms in total. The minimum atomic E-state index is -0.259. The number of methoxy groups -OCH3 is 3. The Labute approximate surface area is 180 Å². The normalized spacial score (nSPS) is 14.2. The molecule has 1 saturated heterocycles. The quantitative estimate of drug-likeness (QED) is 0.757. The number of carbonyl (C=O) groups is 2. The van der Waals surface area contributed by atoms with E-state index in [1.165, 1.54) is 21.3 Å². The molecule has 0 spiro atoms. The van der Waals surface area contributed by atoms with E-state index in [1.54, 1.807) is 41.3 Å². The zero-order chi connectivity index (χ0) is 21.7. The fourth-order valence-corrected chi connectivity index (χ4v) is 3.75. The number of carbonyl (C=O) groups excluding carboxylic acids is 2. The monoisotopic (exact) mass is 432 g/mol. The van der Waals surface area contributed by atoms with E-state index in [2.05, 4.69) is 5.32 Å². The van der Waals surface area contributed by atoms with E-state index in [0.717, 1.165) is 0 Å². The highest BCUT2D eigenvalue weighted by atomic mass is 35.5. The van der Waals surface area contributed by atoms with Gasteiger partial charge in [-0.1, -0.05) is 17.7 Å². The van der Waals surface area contributed by atoms with E-state index < -0.39 is 0 Å². The molecule has 0 unspecified atom stereocenters. The summed E-state index contributed by atoms with van der Waals surface area (Å²) in [4.78, 5) is 27.5. The Bertz CT molecular complexity index is 903. The SMILES string of the molecule is COc1ccc(Cl)cc1C(=O)N1CCC(NC(=O)c2c(OC)cccc2OC)CC1. The van der Waals surface area contributed by atoms with Crippen LogP contribution in [-0.4, -0.2) is 57.2 Å². The Morgan fingerprint density at radius 3 is 2.13 bits per heavy atom. The Morgan fingerprint density at radius 2 is 1.57 bits per heavy atom. The summed E-state index contributed by atoms with van der Waals surface area (Å²) in [6, 6.07) is 10.1. The van der Waals surface area contributed by atoms with Crippen LogP contribution < -0.4 is 19.5 Å². The van der Waals surface area contributed by atoms with Gasteiger partial charge in [0.2, 0.25) is 0 Å². The molecule has 1 heterocycles. The molecule has 1 aliphatic heterocycles. The maximum absolute atomic E-state index is 12.9. The molecule has 2 aromatic rings. The Morgan fingerprint density at radius 1 is 0.967 bits per heavy atom. The van der Waals surface area contributed by atoms with E-state index in [1.807, 2.05) is 0 Å². The molecule has 1 N–H and O–H groups in total. The van der Waals surface area contributed by atoms with E-state index in [0.29, 0.717) is 59.3 Å². The van der Waals surface area contributed by atoms with Gasteiger partial charge in [-0.15, -0.1) is 0 Å². The Balaban J connectivity index is 1.65. The second-order valence-corrected chi connectivity index (χ2v) is 7.36. The van der Waals surface area contributed by atoms with Gasteiger partial charge in [-0.2, -0.15) is 0 Å². The maximum Gasteiger partial charge on any atom is 0.259 e. The van der Waals surface area contributed by atoms with Crippen molar-refractivity contribution in [3.8, 4) is 17.2 Å². The lowest BCUT2D eigenvalue weighted by Crippen LogP contribution is -2.46. The number of amides is 2. The van der Waals surface area contributed by atoms with Gasteiger partial charge in [0, 0.05) is 24.2 Å². The van der Waals surface area contributed by atoms with Crippen LogP contribution in [0, 0.1) is 0 Å². The summed E-state index contributed by atoms with van der Waals surface area (Å²) >= 11 is 6.05. The summed E-state index contributed by atoms with van der Waals surface area (Å²) in [5.74, 6) is 0.999. The molecule has 0 radical (unpaired) electrons. The number of hydrogen-bond donors (Lipinski definition) is 1. The third-order valence-electron chi connectivity index (χ3n) is 5.16. The molecule has 3 rings (SSSR count). The molecule has 0 saturated carbocycles. The molecule has 30 heavy (non-hydrogen) atoms. The summed E-state index contributed by atoms with van der Waals surface area (Å²) in [6.07, 6.45) is 1.27. The number of rotatable bonds is 6. The van der Waals surface area contributed by atoms with Crippen molar-refractivity contribution in [3.63, 3.8) is 0 Å². The van der Waals surface area contributed by atoms with Gasteiger partial charge < -0.3 is 24.4 Å². The van der Waals surface area contributed by atoms with E-state index in [9.17, 15) is 9.59 Å². The molecule has 8 heteroatoms. The van der Waals surface area contributed by atoms with Crippen LogP contribution in [0.1, 0.15) is 33.6 Å². The molecule has 0 aliphatic carbocycles. The highest BCUT2D eigenvalue weighted by Gasteiger charge is 2.28. The number of halogens is 1. The van der Waals surface area contributed by atoms with Gasteiger partial charge in [-0.05, 0) is 43.2 Å². The largest absolute Gasteiger partial charge is 0.496 e. The van der Waals surface area contributed by atoms with Crippen molar-refractivity contribution in [3.05, 3.63) is 52.5 Å². The smallest absolute Gasteiger partial charge is 0.259 e. The molecule has 0 atom stereocenters. The fraction of sp³-hybridized carbons (Fsp3) is 0.364. The number of benzene rings is 2. The van der Waals surface area contributed by atoms with Crippen LogP contribution in [0.5, 0.6) is 17.2 Å². The zero-order valence-electron chi connectivity index (χ0n) is 17.2. The van der Waals surface area contributed by atoms with Crippen LogP contribution in [0.25, 0.3) is 0 Å². The third-order valence-corrected chi connectivity index (χ3v) is 5.40. The lowest BCUT2D eigenvalue weighted by atomic mass is 10.0. The van der Waals surface area contributed by atoms with Crippen molar-refractivity contribution in [2.75, 3.05) is 34.4 Å². The van der Waals surface area contributed by atoms with Crippen molar-refractivity contribution in [1.29, 1.82) is 0 Å². The highest BCUT2D eigenvalue weighted by molar-refractivity contribution is 6.31. The van der Waals surface area contributed by atoms with E-state index in [4.69, 9.17) is 25.8 Å². The van der Waals surface area contributed by atoms with Crippen molar-refractivity contribution in [1.82, 2.24) is 10.2 Å². The second-order valence-electron chi connectivity index (χ2n) is 6.92. The average molecular weight is 433 g/mol. The lowest BCUT2D eigenvalue weighted by Gasteiger charge is -2.33. The number of ether oxygens (including phenoxy) is 3. The van der Waals surface area contributed by atoms with Gasteiger partial charge in [0.1, 0.15) is 22.8 Å². The van der Waals surface area contributed by atoms with Crippen molar-refractivity contribution in [2.45, 2.75) is 18.9 Å². The van der Waals surface area contributed by atoms with Crippen LogP contribution in [0.15, 0.2) is 36.4 Å². The molecule has 0 aromatic heterocycles. The van der Waals surface area contributed by atoms with Crippen LogP contribution in [0.4, 0.5) is 0 Å². The molecular weight excluding hydrogens is 408 g/mol. The summed E-state index contributed by atoms with van der Waals surface area (Å²) in [5, 5.41) is 3.51. The molecule has 1 fully saturated rings. The summed E-state index contributed by atoms with van der Waals surface area (Å²) in [7, 11) is 4.55. The zero-order valence-corrected chi connectivity index (χ0v) is 18.0. The Kier molecular flexibility index (Phi) is 7.05. The van der Waals surface area contributed by atoms with E-state index in [-0.39, 0.29) is 17.9 Å². The molecule has 160 valence electrons. The maximum atomic E-state index is 12.9. The van der Waals surface area contributed by atoms with E-state index >= 15 is 0 Å². The Hall–Kier alpha value is -2.93. The first-order chi connectivity index (χ1) is 14.5. The van der Waals surface area contributed by atoms with Gasteiger partial charge >= 0.3 is 0 Å². The summed E-state index contributed by atoms with van der Waals surface area (Å²) in [5.41, 5.74) is 0.802. The van der Waals surface area contributed by atoms with Crippen LogP contribution >= 0.6 is 11.6 Å². The minimum Gasteiger partial charge on any atom is -0.496 e. The van der Waals surface area contributed by atoms with Crippen molar-refractivity contribution < 1.29 is 23.8 Å². The van der Waals surface area contributed by atoms with Crippen LogP contribution in [0.2, 0.25) is 5.02 Å². The molecule has 2 aromatic carbocycles. The van der Waals surface area contributed by atoms with Crippen LogP contribution in [0.3, 0.4) is 0 Å². The summed E-state index contributed by atoms with van der Waals surface area (Å²) in [6.45, 7) is 1.03. The molecule has 2 amide bonds. The van der Waals surface area contributed by atoms with Crippen LogP contribution in [-0.2, 0) is 0 Å². The third kappa shape index (κ3) is 4.62. The first-order valence-electron chi connectivity index (χ1n) is 9.63. The number of hydrogen-bond acceptors (Lipinski definition) is 5. The average Bonchev–Trinajstić information content (AvgIpc) is 2.78. The minimum absolute atomic E-state index is 0.0579. The highest BCUT2D eigenvalue weighted by Crippen LogP contribution is 2.29. The van der Waals surface area contributed by atoms with Gasteiger partial charge in [0.25, 0.3) is 11.8 Å². The standard InChI is InChI=1S/C22H25ClN2O5/c1-28-17-8-7-14(23)13-16(17)22(27)25-11-9-15(10-12-25)24-21(26)20-18(29-2)5-4-6-19(20)30-3/h4-8,13,15H,9-12H2,1-3H3,(H,24,26). The summed E-state index contributed by atoms with van der Waals surface area (Å²) < 4.78 is 15.9. The number of nitrogens with zero attached hydrogens (tertiary/aromatic N) is 1. The number of likely N-dealkylation sites (tertiary alicyclic amines) is 1. The molecular formula is C22H25ClN2O5. The van der Waals surface area contributed by atoms with Crippen molar-refractivity contribution >= 4 is 23.4 Å². The predicted octanol–water partition coefficient (Wildman–Crippen LogP) is 3.40. The van der Waals surface area contributed by atoms with Gasteiger partial charge in [-0.25, -0.2) is 0 Å². The van der Waals surface area contributed by atoms with Gasteiger partial charge in [0.15, 0.2) is 0 Å². The number of piperidine rings is 1. The topological polar surface area (TPSA) is 77.1 Å². The lowest BCUT2D eigenvalue weighted by molar-refractivity contribution is 0.0694.